The second-order valence-corrected chi connectivity index (χ2v) is 5.16. The second kappa shape index (κ2) is 9.74. The van der Waals surface area contributed by atoms with Gasteiger partial charge in [0.25, 0.3) is 0 Å². The number of hydrogen-bond acceptors (Lipinski definition) is 0. The van der Waals surface area contributed by atoms with Crippen LogP contribution in [0.2, 0.25) is 6.55 Å². The largest absolute Gasteiger partial charge is 0.297 e. The molecule has 0 aliphatic rings. The highest BCUT2D eigenvalue weighted by Gasteiger charge is 1.88. The Bertz CT molecular complexity index is 150. The first kappa shape index (κ1) is 12.7. The van der Waals surface area contributed by atoms with E-state index < -0.39 is 9.04 Å². The molecular formula is C11H21OSi. The topological polar surface area (TPSA) is 19.9 Å². The van der Waals surface area contributed by atoms with E-state index in [9.17, 15) is 4.80 Å². The SMILES string of the molecule is CCCCCC/C=C/C=C/[SiH](C)[O]. The van der Waals surface area contributed by atoms with E-state index >= 15 is 0 Å². The van der Waals surface area contributed by atoms with E-state index in [1.807, 2.05) is 17.9 Å². The summed E-state index contributed by atoms with van der Waals surface area (Å²) >= 11 is 0. The van der Waals surface area contributed by atoms with Crippen LogP contribution in [0.4, 0.5) is 0 Å². The van der Waals surface area contributed by atoms with E-state index in [0.29, 0.717) is 0 Å². The van der Waals surface area contributed by atoms with Crippen LogP contribution in [-0.4, -0.2) is 9.04 Å². The number of unbranched alkanes of at least 4 members (excludes halogenated alkanes) is 4. The van der Waals surface area contributed by atoms with Gasteiger partial charge in [-0.3, -0.25) is 4.80 Å². The van der Waals surface area contributed by atoms with Crippen molar-refractivity contribution in [2.45, 2.75) is 45.6 Å². The van der Waals surface area contributed by atoms with Crippen LogP contribution >= 0.6 is 0 Å². The molecular weight excluding hydrogens is 176 g/mol. The summed E-state index contributed by atoms with van der Waals surface area (Å²) in [6.45, 7) is 4.00. The minimum Gasteiger partial charge on any atom is -0.297 e. The average molecular weight is 197 g/mol. The van der Waals surface area contributed by atoms with Gasteiger partial charge in [-0.1, -0.05) is 50.1 Å². The van der Waals surface area contributed by atoms with Crippen LogP contribution in [0, 0.1) is 0 Å². The Morgan fingerprint density at radius 1 is 1.15 bits per heavy atom. The van der Waals surface area contributed by atoms with Crippen LogP contribution in [0.3, 0.4) is 0 Å². The van der Waals surface area contributed by atoms with Crippen molar-refractivity contribution in [1.82, 2.24) is 0 Å². The third-order valence-corrected chi connectivity index (χ3v) is 2.62. The van der Waals surface area contributed by atoms with Gasteiger partial charge in [0.15, 0.2) is 0 Å². The molecule has 0 amide bonds. The molecule has 0 aromatic heterocycles. The number of rotatable bonds is 7. The van der Waals surface area contributed by atoms with Gasteiger partial charge in [0.05, 0.1) is 0 Å². The predicted octanol–water partition coefficient (Wildman–Crippen LogP) is 3.39. The van der Waals surface area contributed by atoms with E-state index in [2.05, 4.69) is 13.0 Å². The van der Waals surface area contributed by atoms with Crippen LogP contribution in [0.5, 0.6) is 0 Å². The molecule has 0 aromatic carbocycles. The van der Waals surface area contributed by atoms with Crippen LogP contribution in [-0.2, 0) is 4.80 Å². The summed E-state index contributed by atoms with van der Waals surface area (Å²) in [4.78, 5) is 10.7. The summed E-state index contributed by atoms with van der Waals surface area (Å²) < 4.78 is 0. The first-order valence-electron chi connectivity index (χ1n) is 5.26. The Morgan fingerprint density at radius 2 is 1.92 bits per heavy atom. The van der Waals surface area contributed by atoms with Gasteiger partial charge < -0.3 is 0 Å². The zero-order valence-corrected chi connectivity index (χ0v) is 9.99. The molecule has 0 saturated heterocycles. The Morgan fingerprint density at radius 3 is 2.54 bits per heavy atom. The van der Waals surface area contributed by atoms with Gasteiger partial charge in [-0.2, -0.15) is 0 Å². The Kier molecular flexibility index (Phi) is 9.49. The normalized spacial score (nSPS) is 14.4. The monoisotopic (exact) mass is 197 g/mol. The lowest BCUT2D eigenvalue weighted by molar-refractivity contribution is 0.464. The first-order chi connectivity index (χ1) is 6.27. The highest BCUT2D eigenvalue weighted by Crippen LogP contribution is 2.02. The fraction of sp³-hybridized carbons (Fsp3) is 0.636. The van der Waals surface area contributed by atoms with Crippen LogP contribution in [0.25, 0.3) is 0 Å². The van der Waals surface area contributed by atoms with Crippen molar-refractivity contribution in [2.75, 3.05) is 0 Å². The first-order valence-corrected chi connectivity index (χ1v) is 7.55. The van der Waals surface area contributed by atoms with Crippen LogP contribution in [0.15, 0.2) is 23.9 Å². The highest BCUT2D eigenvalue weighted by molar-refractivity contribution is 6.54. The quantitative estimate of drug-likeness (QED) is 0.339. The molecule has 1 unspecified atom stereocenters. The third-order valence-electron chi connectivity index (χ3n) is 1.85. The van der Waals surface area contributed by atoms with Crippen molar-refractivity contribution in [3.8, 4) is 0 Å². The fourth-order valence-electron chi connectivity index (χ4n) is 1.08. The van der Waals surface area contributed by atoms with Crippen LogP contribution < -0.4 is 0 Å². The third kappa shape index (κ3) is 11.7. The number of allylic oxidation sites excluding steroid dienone is 3. The highest BCUT2D eigenvalue weighted by atomic mass is 28.3. The number of hydrogen-bond donors (Lipinski definition) is 0. The summed E-state index contributed by atoms with van der Waals surface area (Å²) in [7, 11) is -1.72. The fourth-order valence-corrected chi connectivity index (χ4v) is 1.53. The molecule has 0 saturated carbocycles. The van der Waals surface area contributed by atoms with Gasteiger partial charge in [0.2, 0.25) is 9.04 Å². The second-order valence-electron chi connectivity index (χ2n) is 3.37. The smallest absolute Gasteiger partial charge is 0.242 e. The maximum Gasteiger partial charge on any atom is 0.242 e. The minimum atomic E-state index is -1.72. The Balaban J connectivity index is 3.21. The van der Waals surface area contributed by atoms with Gasteiger partial charge in [-0.25, -0.2) is 0 Å². The lowest BCUT2D eigenvalue weighted by Gasteiger charge is -1.93. The predicted molar refractivity (Wildman–Crippen MR) is 60.7 cm³/mol. The van der Waals surface area contributed by atoms with Crippen molar-refractivity contribution in [3.63, 3.8) is 0 Å². The average Bonchev–Trinajstić information content (AvgIpc) is 2.09. The molecule has 0 aliphatic heterocycles. The lowest BCUT2D eigenvalue weighted by Crippen LogP contribution is -1.95. The molecule has 0 aromatic rings. The molecule has 1 atom stereocenters. The summed E-state index contributed by atoms with van der Waals surface area (Å²) in [5, 5.41) is 0. The Labute approximate surface area is 83.9 Å². The van der Waals surface area contributed by atoms with Gasteiger partial charge >= 0.3 is 0 Å². The minimum absolute atomic E-state index is 1.15. The molecule has 2 heteroatoms. The van der Waals surface area contributed by atoms with Crippen molar-refractivity contribution in [3.05, 3.63) is 23.9 Å². The van der Waals surface area contributed by atoms with Crippen molar-refractivity contribution in [1.29, 1.82) is 0 Å². The molecule has 0 spiro atoms. The maximum atomic E-state index is 10.7. The molecule has 1 nitrogen and oxygen atoms in total. The van der Waals surface area contributed by atoms with Crippen molar-refractivity contribution in [2.24, 2.45) is 0 Å². The van der Waals surface area contributed by atoms with E-state index in [4.69, 9.17) is 0 Å². The summed E-state index contributed by atoms with van der Waals surface area (Å²) in [6, 6.07) is 0. The van der Waals surface area contributed by atoms with Gasteiger partial charge in [0, 0.05) is 0 Å². The molecule has 0 N–H and O–H groups in total. The van der Waals surface area contributed by atoms with E-state index in [0.717, 1.165) is 6.42 Å². The van der Waals surface area contributed by atoms with Crippen LogP contribution in [0.1, 0.15) is 39.0 Å². The van der Waals surface area contributed by atoms with Gasteiger partial charge in [-0.05, 0) is 19.4 Å². The molecule has 0 bridgehead atoms. The van der Waals surface area contributed by atoms with E-state index in [1.54, 1.807) is 6.55 Å². The zero-order chi connectivity index (χ0) is 9.94. The summed E-state index contributed by atoms with van der Waals surface area (Å²) in [5.41, 5.74) is 1.81. The van der Waals surface area contributed by atoms with Gasteiger partial charge in [0.1, 0.15) is 0 Å². The summed E-state index contributed by atoms with van der Waals surface area (Å²) in [6.07, 6.45) is 12.5. The van der Waals surface area contributed by atoms with E-state index in [1.165, 1.54) is 25.7 Å². The van der Waals surface area contributed by atoms with Crippen molar-refractivity contribution < 1.29 is 4.80 Å². The van der Waals surface area contributed by atoms with Gasteiger partial charge in [-0.15, -0.1) is 0 Å². The molecule has 0 rings (SSSR count). The van der Waals surface area contributed by atoms with Crippen molar-refractivity contribution >= 4 is 9.04 Å². The van der Waals surface area contributed by atoms with E-state index in [-0.39, 0.29) is 0 Å². The molecule has 0 fully saturated rings. The summed E-state index contributed by atoms with van der Waals surface area (Å²) in [5.74, 6) is 0. The Hall–Kier alpha value is -0.343. The standard InChI is InChI=1S/C11H21OSi/c1-3-4-5-6-7-8-9-10-11-13(2)12/h8-11,13H,3-7H2,1-2H3/b9-8+,11-10+. The molecule has 0 heterocycles. The molecule has 0 aliphatic carbocycles. The molecule has 13 heavy (non-hydrogen) atoms. The zero-order valence-electron chi connectivity index (χ0n) is 8.83. The molecule has 75 valence electrons. The maximum absolute atomic E-state index is 10.7. The molecule has 1 radical (unpaired) electrons. The lowest BCUT2D eigenvalue weighted by atomic mass is 10.1.